The molecule has 0 aliphatic heterocycles. The van der Waals surface area contributed by atoms with Gasteiger partial charge in [-0.3, -0.25) is 20.2 Å². The molecule has 0 radical (unpaired) electrons. The lowest BCUT2D eigenvalue weighted by Crippen LogP contribution is -2.14. The summed E-state index contributed by atoms with van der Waals surface area (Å²) in [5.74, 6) is -0.418. The summed E-state index contributed by atoms with van der Waals surface area (Å²) in [5.41, 5.74) is 1.04. The lowest BCUT2D eigenvalue weighted by atomic mass is 10.2. The summed E-state index contributed by atoms with van der Waals surface area (Å²) in [5, 5.41) is 15.8. The van der Waals surface area contributed by atoms with Crippen LogP contribution in [-0.4, -0.2) is 23.5 Å². The molecule has 2 N–H and O–H groups in total. The molecule has 0 saturated carbocycles. The van der Waals surface area contributed by atoms with E-state index in [1.807, 2.05) is 0 Å². The third-order valence-electron chi connectivity index (χ3n) is 2.98. The maximum absolute atomic E-state index is 12.1. The van der Waals surface area contributed by atoms with E-state index in [1.54, 1.807) is 25.1 Å². The fourth-order valence-electron chi connectivity index (χ4n) is 1.89. The molecule has 2 aromatic rings. The summed E-state index contributed by atoms with van der Waals surface area (Å²) in [4.78, 5) is 33.6. The molecule has 2 amide bonds. The van der Waals surface area contributed by atoms with Crippen LogP contribution in [0.5, 0.6) is 0 Å². The predicted molar refractivity (Wildman–Crippen MR) is 88.1 cm³/mol. The number of rotatable bonds is 5. The Hall–Kier alpha value is -3.42. The maximum Gasteiger partial charge on any atom is 0.411 e. The number of non-ortho nitro benzene ring substituents is 1. The van der Waals surface area contributed by atoms with E-state index in [2.05, 4.69) is 10.6 Å². The number of hydrogen-bond acceptors (Lipinski definition) is 5. The third-order valence-corrected chi connectivity index (χ3v) is 2.98. The second-order valence-electron chi connectivity index (χ2n) is 4.68. The highest BCUT2D eigenvalue weighted by Crippen LogP contribution is 2.18. The van der Waals surface area contributed by atoms with E-state index in [-0.39, 0.29) is 12.3 Å². The van der Waals surface area contributed by atoms with Gasteiger partial charge in [-0.25, -0.2) is 4.79 Å². The number of nitrogens with one attached hydrogen (secondary N) is 2. The molecule has 0 aliphatic carbocycles. The van der Waals surface area contributed by atoms with Gasteiger partial charge in [-0.05, 0) is 37.3 Å². The molecule has 2 rings (SSSR count). The normalized spacial score (nSPS) is 9.88. The average molecular weight is 329 g/mol. The first-order chi connectivity index (χ1) is 11.5. The minimum Gasteiger partial charge on any atom is -0.450 e. The zero-order chi connectivity index (χ0) is 17.5. The number of nitro groups is 1. The molecule has 0 atom stereocenters. The summed E-state index contributed by atoms with van der Waals surface area (Å²) in [6, 6.07) is 11.8. The van der Waals surface area contributed by atoms with E-state index < -0.39 is 16.9 Å². The Morgan fingerprint density at radius 3 is 2.42 bits per heavy atom. The first-order valence-corrected chi connectivity index (χ1v) is 7.09. The molecule has 24 heavy (non-hydrogen) atoms. The van der Waals surface area contributed by atoms with Crippen molar-refractivity contribution in [3.8, 4) is 0 Å². The van der Waals surface area contributed by atoms with E-state index in [4.69, 9.17) is 4.74 Å². The highest BCUT2D eigenvalue weighted by molar-refractivity contribution is 6.04. The molecule has 2 aromatic carbocycles. The van der Waals surface area contributed by atoms with Crippen LogP contribution in [0.15, 0.2) is 48.5 Å². The fraction of sp³-hybridized carbons (Fsp3) is 0.125. The van der Waals surface area contributed by atoms with Crippen molar-refractivity contribution in [1.82, 2.24) is 0 Å². The topological polar surface area (TPSA) is 111 Å². The Kier molecular flexibility index (Phi) is 5.45. The van der Waals surface area contributed by atoms with Crippen LogP contribution in [0.2, 0.25) is 0 Å². The lowest BCUT2D eigenvalue weighted by Gasteiger charge is -2.07. The van der Waals surface area contributed by atoms with Crippen LogP contribution in [0.1, 0.15) is 17.3 Å². The van der Waals surface area contributed by atoms with Crippen LogP contribution < -0.4 is 10.6 Å². The van der Waals surface area contributed by atoms with E-state index in [9.17, 15) is 19.7 Å². The van der Waals surface area contributed by atoms with Gasteiger partial charge in [0.15, 0.2) is 0 Å². The van der Waals surface area contributed by atoms with Gasteiger partial charge in [-0.1, -0.05) is 6.07 Å². The molecule has 0 spiro atoms. The second-order valence-corrected chi connectivity index (χ2v) is 4.68. The Labute approximate surface area is 137 Å². The van der Waals surface area contributed by atoms with Gasteiger partial charge in [0.05, 0.1) is 11.5 Å². The lowest BCUT2D eigenvalue weighted by molar-refractivity contribution is -0.384. The molecule has 0 heterocycles. The number of hydrogen-bond donors (Lipinski definition) is 2. The quantitative estimate of drug-likeness (QED) is 0.645. The van der Waals surface area contributed by atoms with Crippen LogP contribution in [0.3, 0.4) is 0 Å². The van der Waals surface area contributed by atoms with Crippen molar-refractivity contribution < 1.29 is 19.2 Å². The van der Waals surface area contributed by atoms with Gasteiger partial charge in [-0.15, -0.1) is 0 Å². The van der Waals surface area contributed by atoms with E-state index >= 15 is 0 Å². The molecule has 0 aromatic heterocycles. The monoisotopic (exact) mass is 329 g/mol. The standard InChI is InChI=1S/C16H15N3O5/c1-2-24-16(21)18-12-8-6-11(7-9-12)15(20)17-13-4-3-5-14(10-13)19(22)23/h3-10H,2H2,1H3,(H,17,20)(H,18,21). The molecule has 0 aliphatic rings. The zero-order valence-corrected chi connectivity index (χ0v) is 12.8. The summed E-state index contributed by atoms with van der Waals surface area (Å²) in [6.45, 7) is 1.95. The number of carbonyl (C=O) groups excluding carboxylic acids is 2. The number of ether oxygens (including phenoxy) is 1. The first kappa shape index (κ1) is 16.9. The van der Waals surface area contributed by atoms with Crippen LogP contribution in [0.25, 0.3) is 0 Å². The largest absolute Gasteiger partial charge is 0.450 e. The molecule has 124 valence electrons. The van der Waals surface area contributed by atoms with E-state index in [0.717, 1.165) is 0 Å². The number of nitrogens with zero attached hydrogens (tertiary/aromatic N) is 1. The van der Waals surface area contributed by atoms with Gasteiger partial charge in [0.1, 0.15) is 0 Å². The molecular weight excluding hydrogens is 314 g/mol. The summed E-state index contributed by atoms with van der Waals surface area (Å²) >= 11 is 0. The van der Waals surface area contributed by atoms with Crippen molar-refractivity contribution in [3.63, 3.8) is 0 Å². The van der Waals surface area contributed by atoms with Gasteiger partial charge in [0.2, 0.25) is 0 Å². The van der Waals surface area contributed by atoms with Crippen molar-refractivity contribution in [1.29, 1.82) is 0 Å². The molecule has 0 fully saturated rings. The summed E-state index contributed by atoms with van der Waals surface area (Å²) in [7, 11) is 0. The highest BCUT2D eigenvalue weighted by atomic mass is 16.6. The van der Waals surface area contributed by atoms with Gasteiger partial charge < -0.3 is 10.1 Å². The minimum atomic E-state index is -0.578. The summed E-state index contributed by atoms with van der Waals surface area (Å²) < 4.78 is 4.75. The fourth-order valence-corrected chi connectivity index (χ4v) is 1.89. The van der Waals surface area contributed by atoms with Crippen molar-refractivity contribution in [2.45, 2.75) is 6.92 Å². The predicted octanol–water partition coefficient (Wildman–Crippen LogP) is 3.42. The van der Waals surface area contributed by atoms with Gasteiger partial charge >= 0.3 is 6.09 Å². The van der Waals surface area contributed by atoms with E-state index in [0.29, 0.717) is 16.9 Å². The number of anilines is 2. The maximum atomic E-state index is 12.1. The first-order valence-electron chi connectivity index (χ1n) is 7.09. The Balaban J connectivity index is 2.03. The Morgan fingerprint density at radius 1 is 1.08 bits per heavy atom. The number of benzene rings is 2. The smallest absolute Gasteiger partial charge is 0.411 e. The number of nitro benzene ring substituents is 1. The molecule has 0 saturated heterocycles. The highest BCUT2D eigenvalue weighted by Gasteiger charge is 2.10. The van der Waals surface area contributed by atoms with Crippen molar-refractivity contribution >= 4 is 29.1 Å². The van der Waals surface area contributed by atoms with Gasteiger partial charge in [0, 0.05) is 29.1 Å². The van der Waals surface area contributed by atoms with Crippen LogP contribution in [0, 0.1) is 10.1 Å². The van der Waals surface area contributed by atoms with Crippen molar-refractivity contribution in [3.05, 3.63) is 64.2 Å². The van der Waals surface area contributed by atoms with E-state index in [1.165, 1.54) is 30.3 Å². The molecule has 0 unspecified atom stereocenters. The van der Waals surface area contributed by atoms with Crippen LogP contribution in [-0.2, 0) is 4.74 Å². The number of carbonyl (C=O) groups is 2. The Morgan fingerprint density at radius 2 is 1.79 bits per heavy atom. The third kappa shape index (κ3) is 4.54. The van der Waals surface area contributed by atoms with Crippen molar-refractivity contribution in [2.75, 3.05) is 17.2 Å². The second kappa shape index (κ2) is 7.73. The number of amides is 2. The molecule has 0 bridgehead atoms. The SMILES string of the molecule is CCOC(=O)Nc1ccc(C(=O)Nc2cccc([N+](=O)[O-])c2)cc1. The summed E-state index contributed by atoms with van der Waals surface area (Å²) in [6.07, 6.45) is -0.578. The average Bonchev–Trinajstić information content (AvgIpc) is 2.56. The van der Waals surface area contributed by atoms with Gasteiger partial charge in [0.25, 0.3) is 11.6 Å². The zero-order valence-electron chi connectivity index (χ0n) is 12.8. The van der Waals surface area contributed by atoms with Crippen LogP contribution in [0.4, 0.5) is 21.9 Å². The molecule has 8 nitrogen and oxygen atoms in total. The minimum absolute atomic E-state index is 0.109. The van der Waals surface area contributed by atoms with Gasteiger partial charge in [-0.2, -0.15) is 0 Å². The van der Waals surface area contributed by atoms with Crippen molar-refractivity contribution in [2.24, 2.45) is 0 Å². The van der Waals surface area contributed by atoms with Crippen LogP contribution >= 0.6 is 0 Å². The Bertz CT molecular complexity index is 759. The molecule has 8 heteroatoms. The molecular formula is C16H15N3O5.